The molecule has 3 fully saturated rings. The molecule has 1 saturated carbocycles. The van der Waals surface area contributed by atoms with Gasteiger partial charge in [0, 0.05) is 18.9 Å². The predicted molar refractivity (Wildman–Crippen MR) is 139 cm³/mol. The first kappa shape index (κ1) is 26.9. The molecule has 3 aliphatic rings. The number of carboxylic acids is 1. The van der Waals surface area contributed by atoms with Crippen LogP contribution in [0, 0.1) is 17.7 Å². The molecule has 7 nitrogen and oxygen atoms in total. The van der Waals surface area contributed by atoms with Crippen LogP contribution in [-0.2, 0) is 22.4 Å². The lowest BCUT2D eigenvalue weighted by Gasteiger charge is -2.26. The molecule has 2 saturated heterocycles. The van der Waals surface area contributed by atoms with Crippen molar-refractivity contribution in [2.24, 2.45) is 11.8 Å². The molecule has 1 amide bonds. The number of aryl methyl sites for hydroxylation is 1. The highest BCUT2D eigenvalue weighted by Crippen LogP contribution is 2.50. The third-order valence-electron chi connectivity index (χ3n) is 8.75. The van der Waals surface area contributed by atoms with Gasteiger partial charge in [0.15, 0.2) is 5.69 Å². The molecule has 1 aromatic carbocycles. The highest BCUT2D eigenvalue weighted by Gasteiger charge is 2.51. The molecule has 2 N–H and O–H groups in total. The minimum Gasteiger partial charge on any atom is -0.481 e. The number of benzene rings is 1. The molecule has 0 radical (unpaired) electrons. The van der Waals surface area contributed by atoms with E-state index >= 15 is 0 Å². The third-order valence-corrected chi connectivity index (χ3v) is 8.75. The van der Waals surface area contributed by atoms with Crippen molar-refractivity contribution in [3.05, 3.63) is 53.0 Å². The molecule has 2 aliphatic heterocycles. The van der Waals surface area contributed by atoms with Crippen LogP contribution in [-0.4, -0.2) is 40.7 Å². The molecule has 4 atom stereocenters. The molecule has 5 rings (SSSR count). The molecule has 8 heteroatoms. The Labute approximate surface area is 223 Å². The number of rotatable bonds is 12. The molecule has 1 aliphatic carbocycles. The van der Waals surface area contributed by atoms with Crippen molar-refractivity contribution in [3.8, 4) is 0 Å². The Balaban J connectivity index is 1.19. The first-order chi connectivity index (χ1) is 18.5. The predicted octanol–water partition coefficient (Wildman–Crippen LogP) is 5.82. The second-order valence-corrected chi connectivity index (χ2v) is 11.3. The van der Waals surface area contributed by atoms with Gasteiger partial charge in [0.2, 0.25) is 5.89 Å². The van der Waals surface area contributed by atoms with Crippen molar-refractivity contribution in [3.63, 3.8) is 0 Å². The van der Waals surface area contributed by atoms with E-state index in [2.05, 4.69) is 10.3 Å². The van der Waals surface area contributed by atoms with Crippen LogP contribution in [0.4, 0.5) is 4.39 Å². The summed E-state index contributed by atoms with van der Waals surface area (Å²) in [5, 5.41) is 12.1. The standard InChI is InChI=1S/C30H39FN2O5/c31-22-11-9-20(10-14-27(34)35)21(16-22)17-23-25-12-13-26(38-25)28(23)30-33-24(18-37-30)29(36)32-15-5-4-8-19-6-2-1-3-7-19/h9,11,16,18-19,23,25-26,28H,1-8,10,12-15,17H2,(H,32,36)(H,34,35)/t23-,25-,26+,28?/m0/s1. The summed E-state index contributed by atoms with van der Waals surface area (Å²) in [6, 6.07) is 4.56. The number of ether oxygens (including phenoxy) is 1. The minimum atomic E-state index is -0.878. The summed E-state index contributed by atoms with van der Waals surface area (Å²) in [5.41, 5.74) is 1.92. The molecule has 0 spiro atoms. The van der Waals surface area contributed by atoms with E-state index < -0.39 is 5.97 Å². The molecule has 2 aromatic rings. The van der Waals surface area contributed by atoms with Crippen LogP contribution in [0.25, 0.3) is 0 Å². The van der Waals surface area contributed by atoms with Crippen molar-refractivity contribution in [2.75, 3.05) is 6.54 Å². The van der Waals surface area contributed by atoms with Crippen molar-refractivity contribution in [1.29, 1.82) is 0 Å². The number of aromatic nitrogens is 1. The summed E-state index contributed by atoms with van der Waals surface area (Å²) >= 11 is 0. The zero-order valence-corrected chi connectivity index (χ0v) is 22.0. The molecular formula is C30H39FN2O5. The largest absolute Gasteiger partial charge is 0.481 e. The van der Waals surface area contributed by atoms with Gasteiger partial charge in [-0.15, -0.1) is 0 Å². The van der Waals surface area contributed by atoms with Gasteiger partial charge in [0.25, 0.3) is 5.91 Å². The van der Waals surface area contributed by atoms with Gasteiger partial charge in [-0.05, 0) is 61.3 Å². The average Bonchev–Trinajstić information content (AvgIpc) is 3.65. The summed E-state index contributed by atoms with van der Waals surface area (Å²) in [6.07, 6.45) is 14.2. The zero-order valence-electron chi connectivity index (χ0n) is 22.0. The van der Waals surface area contributed by atoms with E-state index in [9.17, 15) is 14.0 Å². The number of nitrogens with zero attached hydrogens (tertiary/aromatic N) is 1. The summed E-state index contributed by atoms with van der Waals surface area (Å²) in [7, 11) is 0. The second kappa shape index (κ2) is 12.4. The highest BCUT2D eigenvalue weighted by atomic mass is 19.1. The Kier molecular flexibility index (Phi) is 8.77. The van der Waals surface area contributed by atoms with Gasteiger partial charge in [-0.2, -0.15) is 0 Å². The number of hydrogen-bond donors (Lipinski definition) is 2. The summed E-state index contributed by atoms with van der Waals surface area (Å²) in [5.74, 6) is -0.192. The summed E-state index contributed by atoms with van der Waals surface area (Å²) < 4.78 is 26.2. The summed E-state index contributed by atoms with van der Waals surface area (Å²) in [4.78, 5) is 28.4. The maximum absolute atomic E-state index is 14.1. The van der Waals surface area contributed by atoms with E-state index in [-0.39, 0.29) is 47.9 Å². The SMILES string of the molecule is O=C(O)CCc1ccc(F)cc1C[C@@H]1C(c2nc(C(=O)NCCCCC3CCCCC3)co2)[C@H]2CC[C@@H]1O2. The van der Waals surface area contributed by atoms with Crippen LogP contribution in [0.15, 0.2) is 28.9 Å². The van der Waals surface area contributed by atoms with E-state index in [1.54, 1.807) is 6.07 Å². The van der Waals surface area contributed by atoms with Crippen LogP contribution in [0.2, 0.25) is 0 Å². The van der Waals surface area contributed by atoms with Crippen molar-refractivity contribution < 1.29 is 28.2 Å². The third kappa shape index (κ3) is 6.45. The van der Waals surface area contributed by atoms with Gasteiger partial charge in [0.1, 0.15) is 12.1 Å². The topological polar surface area (TPSA) is 102 Å². The van der Waals surface area contributed by atoms with E-state index in [0.29, 0.717) is 25.3 Å². The average molecular weight is 527 g/mol. The number of carbonyl (C=O) groups is 2. The fourth-order valence-electron chi connectivity index (χ4n) is 6.77. The van der Waals surface area contributed by atoms with Gasteiger partial charge in [-0.1, -0.05) is 51.0 Å². The number of carbonyl (C=O) groups excluding carboxylic acids is 1. The van der Waals surface area contributed by atoms with Gasteiger partial charge in [-0.3, -0.25) is 9.59 Å². The fraction of sp³-hybridized carbons (Fsp3) is 0.633. The van der Waals surface area contributed by atoms with E-state index in [4.69, 9.17) is 14.3 Å². The molecule has 1 aromatic heterocycles. The summed E-state index contributed by atoms with van der Waals surface area (Å²) in [6.45, 7) is 0.631. The number of hydrogen-bond acceptors (Lipinski definition) is 5. The molecule has 38 heavy (non-hydrogen) atoms. The van der Waals surface area contributed by atoms with Crippen molar-refractivity contribution >= 4 is 11.9 Å². The molecule has 2 bridgehead atoms. The van der Waals surface area contributed by atoms with Crippen LogP contribution >= 0.6 is 0 Å². The smallest absolute Gasteiger partial charge is 0.303 e. The normalized spacial score (nSPS) is 25.1. The van der Waals surface area contributed by atoms with Crippen molar-refractivity contribution in [2.45, 2.75) is 102 Å². The second-order valence-electron chi connectivity index (χ2n) is 11.3. The monoisotopic (exact) mass is 526 g/mol. The Morgan fingerprint density at radius 1 is 1.05 bits per heavy atom. The van der Waals surface area contributed by atoms with Crippen LogP contribution in [0.1, 0.15) is 104 Å². The number of amides is 1. The highest BCUT2D eigenvalue weighted by molar-refractivity contribution is 5.91. The number of carboxylic acid groups (broad SMARTS) is 1. The van der Waals surface area contributed by atoms with Crippen molar-refractivity contribution in [1.82, 2.24) is 10.3 Å². The molecule has 206 valence electrons. The van der Waals surface area contributed by atoms with Crippen LogP contribution in [0.3, 0.4) is 0 Å². The Morgan fingerprint density at radius 2 is 1.87 bits per heavy atom. The molecule has 1 unspecified atom stereocenters. The van der Waals surface area contributed by atoms with E-state index in [1.807, 2.05) is 0 Å². The molecular weight excluding hydrogens is 487 g/mol. The quantitative estimate of drug-likeness (QED) is 0.338. The number of halogens is 1. The van der Waals surface area contributed by atoms with Crippen LogP contribution in [0.5, 0.6) is 0 Å². The number of oxazole rings is 1. The minimum absolute atomic E-state index is 0.00588. The maximum Gasteiger partial charge on any atom is 0.303 e. The Morgan fingerprint density at radius 3 is 2.68 bits per heavy atom. The number of nitrogens with one attached hydrogen (secondary N) is 1. The van der Waals surface area contributed by atoms with E-state index in [0.717, 1.165) is 42.7 Å². The first-order valence-corrected chi connectivity index (χ1v) is 14.4. The first-order valence-electron chi connectivity index (χ1n) is 14.4. The van der Waals surface area contributed by atoms with E-state index in [1.165, 1.54) is 56.9 Å². The lowest BCUT2D eigenvalue weighted by molar-refractivity contribution is -0.136. The lowest BCUT2D eigenvalue weighted by atomic mass is 9.75. The van der Waals surface area contributed by atoms with Gasteiger partial charge < -0.3 is 19.6 Å². The zero-order chi connectivity index (χ0) is 26.5. The fourth-order valence-corrected chi connectivity index (χ4v) is 6.77. The van der Waals surface area contributed by atoms with Gasteiger partial charge in [0.05, 0.1) is 18.1 Å². The van der Waals surface area contributed by atoms with Gasteiger partial charge in [-0.25, -0.2) is 9.37 Å². The van der Waals surface area contributed by atoms with Gasteiger partial charge >= 0.3 is 5.97 Å². The number of aliphatic carboxylic acids is 1. The van der Waals surface area contributed by atoms with Crippen LogP contribution < -0.4 is 5.32 Å². The number of fused-ring (bicyclic) bond motifs is 2. The maximum atomic E-state index is 14.1. The lowest BCUT2D eigenvalue weighted by Crippen LogP contribution is -2.28. The molecule has 3 heterocycles. The Hall–Kier alpha value is -2.74. The number of unbranched alkanes of at least 4 members (excludes halogenated alkanes) is 1. The Bertz CT molecular complexity index is 1110.